The summed E-state index contributed by atoms with van der Waals surface area (Å²) >= 11 is 0. The summed E-state index contributed by atoms with van der Waals surface area (Å²) in [5.41, 5.74) is 3.50. The van der Waals surface area contributed by atoms with Crippen molar-refractivity contribution in [1.82, 2.24) is 0 Å². The number of hydrogen-bond acceptors (Lipinski definition) is 5. The van der Waals surface area contributed by atoms with E-state index in [0.29, 0.717) is 25.0 Å². The van der Waals surface area contributed by atoms with Crippen LogP contribution in [0.3, 0.4) is 0 Å². The zero-order valence-corrected chi connectivity index (χ0v) is 17.8. The quantitative estimate of drug-likeness (QED) is 0.667. The molecule has 1 N–H and O–H groups in total. The van der Waals surface area contributed by atoms with Gasteiger partial charge in [-0.1, -0.05) is 18.6 Å². The first-order valence-corrected chi connectivity index (χ1v) is 11.6. The zero-order chi connectivity index (χ0) is 19.9. The fourth-order valence-electron chi connectivity index (χ4n) is 7.65. The Bertz CT molecular complexity index is 768. The van der Waals surface area contributed by atoms with Crippen LogP contribution in [0.2, 0.25) is 0 Å². The van der Waals surface area contributed by atoms with E-state index in [4.69, 9.17) is 18.9 Å². The highest BCUT2D eigenvalue weighted by Crippen LogP contribution is 2.64. The molecule has 0 aromatic carbocycles. The van der Waals surface area contributed by atoms with Crippen molar-refractivity contribution in [1.29, 1.82) is 0 Å². The summed E-state index contributed by atoms with van der Waals surface area (Å²) in [4.78, 5) is 0. The molecule has 2 spiro atoms. The van der Waals surface area contributed by atoms with Crippen LogP contribution in [0.15, 0.2) is 22.8 Å². The Labute approximate surface area is 173 Å². The monoisotopic (exact) mass is 402 g/mol. The molecule has 1 saturated carbocycles. The van der Waals surface area contributed by atoms with Crippen molar-refractivity contribution in [2.75, 3.05) is 26.4 Å². The van der Waals surface area contributed by atoms with E-state index in [2.05, 4.69) is 13.0 Å². The first kappa shape index (κ1) is 19.0. The fraction of sp³-hybridized carbons (Fsp3) is 0.833. The second-order valence-corrected chi connectivity index (χ2v) is 10.5. The van der Waals surface area contributed by atoms with E-state index in [9.17, 15) is 5.11 Å². The zero-order valence-electron chi connectivity index (χ0n) is 17.8. The first-order chi connectivity index (χ1) is 13.9. The summed E-state index contributed by atoms with van der Waals surface area (Å²) in [6.07, 6.45) is 10.5. The summed E-state index contributed by atoms with van der Waals surface area (Å²) in [6.45, 7) is 6.88. The molecule has 0 aromatic rings. The maximum absolute atomic E-state index is 11.8. The van der Waals surface area contributed by atoms with Gasteiger partial charge in [-0.3, -0.25) is 0 Å². The third-order valence-corrected chi connectivity index (χ3v) is 9.43. The molecule has 2 heterocycles. The minimum Gasteiger partial charge on any atom is -0.384 e. The van der Waals surface area contributed by atoms with E-state index in [1.807, 2.05) is 6.92 Å². The molecule has 0 bridgehead atoms. The van der Waals surface area contributed by atoms with Crippen LogP contribution in [0.5, 0.6) is 0 Å². The van der Waals surface area contributed by atoms with Gasteiger partial charge in [-0.25, -0.2) is 0 Å². The van der Waals surface area contributed by atoms with Crippen molar-refractivity contribution in [2.45, 2.75) is 82.4 Å². The van der Waals surface area contributed by atoms with E-state index in [1.54, 1.807) is 16.7 Å². The minimum absolute atomic E-state index is 0.227. The van der Waals surface area contributed by atoms with E-state index >= 15 is 0 Å². The van der Waals surface area contributed by atoms with Crippen LogP contribution in [0, 0.1) is 17.3 Å². The standard InChI is InChI=1S/C24H34O5/c1-21-8-5-18-17-6-9-23(26-11-12-27-23)15-16(17)3-4-19(18)20(21)7-10-24(22(21,2)25)28-13-14-29-24/h5,19-20,25H,3-4,6-15H2,1-2H3/t19-,20+,21+,22+/m1/s1. The van der Waals surface area contributed by atoms with Gasteiger partial charge in [-0.05, 0) is 62.0 Å². The average Bonchev–Trinajstić information content (AvgIpc) is 3.36. The Hall–Kier alpha value is -0.720. The van der Waals surface area contributed by atoms with Crippen molar-refractivity contribution in [3.63, 3.8) is 0 Å². The molecule has 2 aliphatic heterocycles. The molecule has 6 aliphatic rings. The molecule has 0 unspecified atom stereocenters. The third-order valence-electron chi connectivity index (χ3n) is 9.43. The van der Waals surface area contributed by atoms with Crippen LogP contribution in [-0.2, 0) is 18.9 Å². The Kier molecular flexibility index (Phi) is 4.04. The Morgan fingerprint density at radius 2 is 1.66 bits per heavy atom. The lowest BCUT2D eigenvalue weighted by atomic mass is 9.47. The number of rotatable bonds is 0. The largest absolute Gasteiger partial charge is 0.384 e. The van der Waals surface area contributed by atoms with Gasteiger partial charge in [0.25, 0.3) is 0 Å². The second kappa shape index (κ2) is 6.17. The SMILES string of the molecule is C[C@]12CC=C3C4=C(CC[C@H]3[C@@H]1CCC1(OCCO1)[C@@]2(C)O)CC1(CC4)OCCO1. The van der Waals surface area contributed by atoms with Gasteiger partial charge >= 0.3 is 0 Å². The lowest BCUT2D eigenvalue weighted by Crippen LogP contribution is -2.68. The van der Waals surface area contributed by atoms with Gasteiger partial charge < -0.3 is 24.1 Å². The lowest BCUT2D eigenvalue weighted by molar-refractivity contribution is -0.332. The van der Waals surface area contributed by atoms with Crippen molar-refractivity contribution in [2.24, 2.45) is 17.3 Å². The Balaban J connectivity index is 1.34. The van der Waals surface area contributed by atoms with Gasteiger partial charge in [0.2, 0.25) is 0 Å². The van der Waals surface area contributed by atoms with Gasteiger partial charge in [0, 0.05) is 24.7 Å². The maximum Gasteiger partial charge on any atom is 0.197 e. The van der Waals surface area contributed by atoms with Crippen molar-refractivity contribution < 1.29 is 24.1 Å². The normalized spacial score (nSPS) is 45.1. The Morgan fingerprint density at radius 3 is 2.41 bits per heavy atom. The second-order valence-electron chi connectivity index (χ2n) is 10.5. The van der Waals surface area contributed by atoms with Crippen LogP contribution >= 0.6 is 0 Å². The molecular formula is C24H34O5. The molecule has 0 aromatic heterocycles. The van der Waals surface area contributed by atoms with Gasteiger partial charge in [0.05, 0.1) is 26.4 Å². The lowest BCUT2D eigenvalue weighted by Gasteiger charge is -2.62. The van der Waals surface area contributed by atoms with E-state index in [-0.39, 0.29) is 11.2 Å². The molecule has 3 fully saturated rings. The molecule has 0 radical (unpaired) electrons. The van der Waals surface area contributed by atoms with Crippen LogP contribution < -0.4 is 0 Å². The summed E-state index contributed by atoms with van der Waals surface area (Å²) in [5.74, 6) is -0.151. The molecule has 5 heteroatoms. The van der Waals surface area contributed by atoms with Gasteiger partial charge in [0.15, 0.2) is 11.6 Å². The predicted octanol–water partition coefficient (Wildman–Crippen LogP) is 3.86. The van der Waals surface area contributed by atoms with Gasteiger partial charge in [0.1, 0.15) is 5.60 Å². The predicted molar refractivity (Wildman–Crippen MR) is 107 cm³/mol. The fourth-order valence-corrected chi connectivity index (χ4v) is 7.65. The molecule has 160 valence electrons. The summed E-state index contributed by atoms with van der Waals surface area (Å²) < 4.78 is 24.1. The molecule has 2 saturated heterocycles. The molecule has 29 heavy (non-hydrogen) atoms. The maximum atomic E-state index is 11.8. The highest BCUT2D eigenvalue weighted by atomic mass is 16.8. The highest BCUT2D eigenvalue weighted by molar-refractivity contribution is 5.45. The van der Waals surface area contributed by atoms with Crippen molar-refractivity contribution in [3.8, 4) is 0 Å². The summed E-state index contributed by atoms with van der Waals surface area (Å²) in [6, 6.07) is 0. The first-order valence-electron chi connectivity index (χ1n) is 11.6. The third kappa shape index (κ3) is 2.40. The summed E-state index contributed by atoms with van der Waals surface area (Å²) in [7, 11) is 0. The topological polar surface area (TPSA) is 57.2 Å². The summed E-state index contributed by atoms with van der Waals surface area (Å²) in [5, 5.41) is 11.8. The van der Waals surface area contributed by atoms with Crippen LogP contribution in [0.25, 0.3) is 0 Å². The Morgan fingerprint density at radius 1 is 0.931 bits per heavy atom. The molecule has 0 amide bonds. The smallest absolute Gasteiger partial charge is 0.197 e. The molecule has 6 rings (SSSR count). The minimum atomic E-state index is -0.988. The van der Waals surface area contributed by atoms with Gasteiger partial charge in [-0.2, -0.15) is 0 Å². The molecule has 4 atom stereocenters. The number of fused-ring (bicyclic) bond motifs is 4. The van der Waals surface area contributed by atoms with Crippen molar-refractivity contribution in [3.05, 3.63) is 22.8 Å². The van der Waals surface area contributed by atoms with E-state index in [1.165, 1.54) is 6.42 Å². The number of aliphatic hydroxyl groups is 1. The van der Waals surface area contributed by atoms with Crippen LogP contribution in [0.1, 0.15) is 65.2 Å². The average molecular weight is 403 g/mol. The molecule has 4 aliphatic carbocycles. The van der Waals surface area contributed by atoms with Gasteiger partial charge in [-0.15, -0.1) is 0 Å². The molecular weight excluding hydrogens is 368 g/mol. The number of allylic oxidation sites excluding steroid dienone is 3. The number of ether oxygens (including phenoxy) is 4. The highest BCUT2D eigenvalue weighted by Gasteiger charge is 2.68. The van der Waals surface area contributed by atoms with Crippen molar-refractivity contribution >= 4 is 0 Å². The van der Waals surface area contributed by atoms with E-state index < -0.39 is 11.4 Å². The number of hydrogen-bond donors (Lipinski definition) is 1. The van der Waals surface area contributed by atoms with E-state index in [0.717, 1.165) is 58.2 Å². The molecule has 5 nitrogen and oxygen atoms in total. The van der Waals surface area contributed by atoms with Crippen LogP contribution in [0.4, 0.5) is 0 Å². The van der Waals surface area contributed by atoms with Crippen LogP contribution in [-0.4, -0.2) is 48.7 Å².